The molecular formula is C31H52O4. The van der Waals surface area contributed by atoms with Crippen LogP contribution in [0.15, 0.2) is 0 Å². The van der Waals surface area contributed by atoms with Gasteiger partial charge in [-0.3, -0.25) is 0 Å². The summed E-state index contributed by atoms with van der Waals surface area (Å²) in [5.41, 5.74) is 0.966. The second-order valence-electron chi connectivity index (χ2n) is 15.0. The molecule has 4 nitrogen and oxygen atoms in total. The van der Waals surface area contributed by atoms with Gasteiger partial charge in [0.05, 0.1) is 26.4 Å². The summed E-state index contributed by atoms with van der Waals surface area (Å²) in [6.07, 6.45) is 13.4. The average Bonchev–Trinajstić information content (AvgIpc) is 3.15. The summed E-state index contributed by atoms with van der Waals surface area (Å²) in [7, 11) is 0. The van der Waals surface area contributed by atoms with E-state index in [1.165, 1.54) is 38.5 Å². The Hall–Kier alpha value is -0.160. The number of ether oxygens (including phenoxy) is 4. The van der Waals surface area contributed by atoms with Gasteiger partial charge in [0.25, 0.3) is 0 Å². The molecule has 0 aromatic carbocycles. The second-order valence-corrected chi connectivity index (χ2v) is 15.0. The Morgan fingerprint density at radius 2 is 1.31 bits per heavy atom. The van der Waals surface area contributed by atoms with Crippen LogP contribution in [0.2, 0.25) is 0 Å². The third-order valence-corrected chi connectivity index (χ3v) is 12.9. The second kappa shape index (κ2) is 8.17. The van der Waals surface area contributed by atoms with Crippen LogP contribution in [0, 0.1) is 45.3 Å². The molecule has 0 amide bonds. The summed E-state index contributed by atoms with van der Waals surface area (Å²) in [5, 5.41) is 0. The molecule has 4 unspecified atom stereocenters. The predicted octanol–water partition coefficient (Wildman–Crippen LogP) is 7.35. The van der Waals surface area contributed by atoms with Gasteiger partial charge >= 0.3 is 0 Å². The molecule has 2 aliphatic heterocycles. The Balaban J connectivity index is 1.18. The van der Waals surface area contributed by atoms with E-state index in [9.17, 15) is 0 Å². The zero-order chi connectivity index (χ0) is 24.7. The minimum absolute atomic E-state index is 0.137. The molecule has 2 saturated heterocycles. The standard InChI is InChI=1S/C31H52O4/c1-7-29(8-2)20-32-30(33-21-29)16-15-27(5)22(17-30)9-10-23-24(27)11-13-28(6)25(23)12-14-31(28)34-18-26(3,4)19-35-31/h22-25H,7-21H2,1-6H3/t22?,23?,24?,25?,27-,28-/m0/s1. The van der Waals surface area contributed by atoms with Crippen molar-refractivity contribution in [3.8, 4) is 0 Å². The van der Waals surface area contributed by atoms with E-state index in [-0.39, 0.29) is 27.8 Å². The van der Waals surface area contributed by atoms with Crippen molar-refractivity contribution >= 4 is 0 Å². The maximum Gasteiger partial charge on any atom is 0.173 e. The van der Waals surface area contributed by atoms with Crippen LogP contribution in [0.4, 0.5) is 0 Å². The minimum atomic E-state index is -0.332. The van der Waals surface area contributed by atoms with E-state index >= 15 is 0 Å². The zero-order valence-corrected chi connectivity index (χ0v) is 23.5. The largest absolute Gasteiger partial charge is 0.349 e. The molecule has 4 aliphatic carbocycles. The maximum atomic E-state index is 6.68. The fourth-order valence-electron chi connectivity index (χ4n) is 9.91. The molecule has 4 saturated carbocycles. The van der Waals surface area contributed by atoms with Crippen LogP contribution < -0.4 is 0 Å². The molecule has 4 heteroatoms. The van der Waals surface area contributed by atoms with Crippen LogP contribution in [0.25, 0.3) is 0 Å². The third-order valence-electron chi connectivity index (χ3n) is 12.9. The van der Waals surface area contributed by atoms with Gasteiger partial charge in [-0.1, -0.05) is 41.5 Å². The lowest BCUT2D eigenvalue weighted by molar-refractivity contribution is -0.352. The first-order chi connectivity index (χ1) is 16.5. The Morgan fingerprint density at radius 3 is 1.97 bits per heavy atom. The van der Waals surface area contributed by atoms with E-state index < -0.39 is 0 Å². The van der Waals surface area contributed by atoms with Crippen LogP contribution in [0.5, 0.6) is 0 Å². The van der Waals surface area contributed by atoms with Gasteiger partial charge in [-0.2, -0.15) is 0 Å². The fourth-order valence-corrected chi connectivity index (χ4v) is 9.91. The van der Waals surface area contributed by atoms with Crippen molar-refractivity contribution in [1.82, 2.24) is 0 Å². The molecule has 200 valence electrons. The topological polar surface area (TPSA) is 36.9 Å². The lowest BCUT2D eigenvalue weighted by Gasteiger charge is -2.64. The highest BCUT2D eigenvalue weighted by atomic mass is 16.7. The Labute approximate surface area is 214 Å². The summed E-state index contributed by atoms with van der Waals surface area (Å²) in [6.45, 7) is 17.7. The highest BCUT2D eigenvalue weighted by molar-refractivity contribution is 5.13. The van der Waals surface area contributed by atoms with E-state index in [1.54, 1.807) is 0 Å². The Morgan fingerprint density at radius 1 is 0.657 bits per heavy atom. The lowest BCUT2D eigenvalue weighted by atomic mass is 9.44. The zero-order valence-electron chi connectivity index (χ0n) is 23.5. The fraction of sp³-hybridized carbons (Fsp3) is 1.00. The van der Waals surface area contributed by atoms with Crippen molar-refractivity contribution in [3.63, 3.8) is 0 Å². The molecule has 0 N–H and O–H groups in total. The molecule has 6 atom stereocenters. The number of hydrogen-bond donors (Lipinski definition) is 0. The smallest absolute Gasteiger partial charge is 0.173 e. The summed E-state index contributed by atoms with van der Waals surface area (Å²) >= 11 is 0. The first-order valence-corrected chi connectivity index (χ1v) is 15.1. The van der Waals surface area contributed by atoms with Gasteiger partial charge in [0.1, 0.15) is 0 Å². The van der Waals surface area contributed by atoms with Crippen molar-refractivity contribution in [3.05, 3.63) is 0 Å². The van der Waals surface area contributed by atoms with Gasteiger partial charge in [-0.05, 0) is 80.5 Å². The Kier molecular flexibility index (Phi) is 5.87. The molecule has 2 spiro atoms. The molecule has 0 aromatic heterocycles. The quantitative estimate of drug-likeness (QED) is 0.407. The highest BCUT2D eigenvalue weighted by Crippen LogP contribution is 2.70. The number of fused-ring (bicyclic) bond motifs is 6. The van der Waals surface area contributed by atoms with Crippen molar-refractivity contribution in [2.75, 3.05) is 26.4 Å². The van der Waals surface area contributed by atoms with Gasteiger partial charge in [-0.15, -0.1) is 0 Å². The molecule has 35 heavy (non-hydrogen) atoms. The predicted molar refractivity (Wildman–Crippen MR) is 138 cm³/mol. The first-order valence-electron chi connectivity index (χ1n) is 15.1. The van der Waals surface area contributed by atoms with Gasteiger partial charge in [0.15, 0.2) is 11.6 Å². The number of rotatable bonds is 2. The van der Waals surface area contributed by atoms with Crippen molar-refractivity contribution in [2.24, 2.45) is 45.3 Å². The molecule has 0 bridgehead atoms. The summed E-state index contributed by atoms with van der Waals surface area (Å²) in [4.78, 5) is 0. The van der Waals surface area contributed by atoms with Gasteiger partial charge < -0.3 is 18.9 Å². The average molecular weight is 489 g/mol. The summed E-state index contributed by atoms with van der Waals surface area (Å²) < 4.78 is 26.7. The maximum absolute atomic E-state index is 6.68. The van der Waals surface area contributed by atoms with Crippen LogP contribution in [-0.4, -0.2) is 38.0 Å². The summed E-state index contributed by atoms with van der Waals surface area (Å²) in [5.74, 6) is 2.50. The van der Waals surface area contributed by atoms with E-state index in [2.05, 4.69) is 41.5 Å². The van der Waals surface area contributed by atoms with E-state index in [0.29, 0.717) is 5.41 Å². The Bertz CT molecular complexity index is 797. The van der Waals surface area contributed by atoms with Crippen molar-refractivity contribution in [2.45, 2.75) is 124 Å². The van der Waals surface area contributed by atoms with Gasteiger partial charge in [0, 0.05) is 35.5 Å². The summed E-state index contributed by atoms with van der Waals surface area (Å²) in [6, 6.07) is 0. The van der Waals surface area contributed by atoms with Crippen molar-refractivity contribution < 1.29 is 18.9 Å². The van der Waals surface area contributed by atoms with Crippen LogP contribution in [-0.2, 0) is 18.9 Å². The normalized spacial score (nSPS) is 47.1. The molecule has 0 aromatic rings. The van der Waals surface area contributed by atoms with E-state index in [0.717, 1.165) is 82.2 Å². The SMILES string of the molecule is CCC1(CC)COC2(CC[C@@]3(C)C(CCC4C3CC[C@@]3(C)C4CCC34OCC(C)(C)CO4)C2)OC1. The van der Waals surface area contributed by atoms with E-state index in [1.807, 2.05) is 0 Å². The monoisotopic (exact) mass is 488 g/mol. The van der Waals surface area contributed by atoms with Crippen LogP contribution >= 0.6 is 0 Å². The van der Waals surface area contributed by atoms with Gasteiger partial charge in [-0.25, -0.2) is 0 Å². The molecule has 6 rings (SSSR count). The van der Waals surface area contributed by atoms with Crippen LogP contribution in [0.3, 0.4) is 0 Å². The van der Waals surface area contributed by atoms with Crippen LogP contribution in [0.1, 0.15) is 112 Å². The first kappa shape index (κ1) is 25.1. The lowest BCUT2D eigenvalue weighted by Crippen LogP contribution is -2.62. The minimum Gasteiger partial charge on any atom is -0.349 e. The van der Waals surface area contributed by atoms with Gasteiger partial charge in [0.2, 0.25) is 0 Å². The third kappa shape index (κ3) is 3.58. The van der Waals surface area contributed by atoms with Crippen molar-refractivity contribution in [1.29, 1.82) is 0 Å². The molecule has 6 aliphatic rings. The molecular weight excluding hydrogens is 436 g/mol. The number of hydrogen-bond acceptors (Lipinski definition) is 4. The molecule has 0 radical (unpaired) electrons. The highest BCUT2D eigenvalue weighted by Gasteiger charge is 2.68. The van der Waals surface area contributed by atoms with E-state index in [4.69, 9.17) is 18.9 Å². The molecule has 2 heterocycles. The molecule has 6 fully saturated rings.